The fraction of sp³-hybridized carbons (Fsp3) is 0.875. The number of nitrogens with one attached hydrogen (secondary N) is 1. The maximum Gasteiger partial charge on any atom is 0.389 e. The standard InChI is InChI=1S/C8H15F3N2O2/c9-8(10,11)2-1-5-15-6-7(14)13-4-3-12/h1-6,12H2,(H,13,14). The van der Waals surface area contributed by atoms with E-state index in [9.17, 15) is 18.0 Å². The van der Waals surface area contributed by atoms with E-state index in [0.29, 0.717) is 13.1 Å². The summed E-state index contributed by atoms with van der Waals surface area (Å²) >= 11 is 0. The van der Waals surface area contributed by atoms with E-state index in [0.717, 1.165) is 0 Å². The minimum absolute atomic E-state index is 0.0739. The van der Waals surface area contributed by atoms with E-state index in [2.05, 4.69) is 5.32 Å². The molecule has 0 saturated carbocycles. The average molecular weight is 228 g/mol. The third kappa shape index (κ3) is 11.1. The van der Waals surface area contributed by atoms with Gasteiger partial charge < -0.3 is 15.8 Å². The Morgan fingerprint density at radius 2 is 2.07 bits per heavy atom. The van der Waals surface area contributed by atoms with Crippen molar-refractivity contribution in [3.8, 4) is 0 Å². The van der Waals surface area contributed by atoms with Crippen molar-refractivity contribution >= 4 is 5.91 Å². The third-order valence-corrected chi connectivity index (χ3v) is 1.45. The number of rotatable bonds is 7. The molecule has 0 atom stereocenters. The van der Waals surface area contributed by atoms with Crippen molar-refractivity contribution < 1.29 is 22.7 Å². The van der Waals surface area contributed by atoms with Crippen LogP contribution in [0, 0.1) is 0 Å². The first-order chi connectivity index (χ1) is 6.95. The van der Waals surface area contributed by atoms with E-state index in [1.54, 1.807) is 0 Å². The molecule has 0 aliphatic rings. The summed E-state index contributed by atoms with van der Waals surface area (Å²) in [5.41, 5.74) is 5.12. The molecule has 0 aromatic heterocycles. The number of nitrogens with two attached hydrogens (primary N) is 1. The van der Waals surface area contributed by atoms with Crippen LogP contribution >= 0.6 is 0 Å². The van der Waals surface area contributed by atoms with Crippen molar-refractivity contribution in [3.63, 3.8) is 0 Å². The van der Waals surface area contributed by atoms with E-state index < -0.39 is 12.6 Å². The van der Waals surface area contributed by atoms with Gasteiger partial charge in [-0.25, -0.2) is 0 Å². The molecule has 0 rings (SSSR count). The zero-order valence-corrected chi connectivity index (χ0v) is 8.27. The van der Waals surface area contributed by atoms with E-state index >= 15 is 0 Å². The lowest BCUT2D eigenvalue weighted by molar-refractivity contribution is -0.138. The molecule has 1 amide bonds. The van der Waals surface area contributed by atoms with Gasteiger partial charge in [-0.3, -0.25) is 4.79 Å². The lowest BCUT2D eigenvalue weighted by atomic mass is 10.3. The topological polar surface area (TPSA) is 64.3 Å². The van der Waals surface area contributed by atoms with E-state index in [1.165, 1.54) is 0 Å². The molecule has 0 aromatic rings. The van der Waals surface area contributed by atoms with Crippen LogP contribution in [0.15, 0.2) is 0 Å². The van der Waals surface area contributed by atoms with Crippen LogP contribution in [0.1, 0.15) is 12.8 Å². The van der Waals surface area contributed by atoms with Gasteiger partial charge in [0.25, 0.3) is 0 Å². The second kappa shape index (κ2) is 7.47. The fourth-order valence-corrected chi connectivity index (χ4v) is 0.802. The predicted molar refractivity (Wildman–Crippen MR) is 48.2 cm³/mol. The number of alkyl halides is 3. The van der Waals surface area contributed by atoms with Crippen molar-refractivity contribution in [3.05, 3.63) is 0 Å². The highest BCUT2D eigenvalue weighted by Gasteiger charge is 2.25. The normalized spacial score (nSPS) is 11.5. The van der Waals surface area contributed by atoms with Crippen molar-refractivity contribution in [1.29, 1.82) is 0 Å². The first-order valence-electron chi connectivity index (χ1n) is 4.57. The smallest absolute Gasteiger partial charge is 0.372 e. The summed E-state index contributed by atoms with van der Waals surface area (Å²) in [5.74, 6) is -0.368. The van der Waals surface area contributed by atoms with Gasteiger partial charge >= 0.3 is 6.18 Å². The van der Waals surface area contributed by atoms with Crippen LogP contribution in [0.3, 0.4) is 0 Å². The molecule has 0 aromatic carbocycles. The van der Waals surface area contributed by atoms with Gasteiger partial charge in [-0.1, -0.05) is 0 Å². The highest BCUT2D eigenvalue weighted by Crippen LogP contribution is 2.20. The largest absolute Gasteiger partial charge is 0.389 e. The molecule has 15 heavy (non-hydrogen) atoms. The number of carbonyl (C=O) groups excluding carboxylic acids is 1. The van der Waals surface area contributed by atoms with Crippen molar-refractivity contribution in [2.75, 3.05) is 26.3 Å². The van der Waals surface area contributed by atoms with Crippen LogP contribution < -0.4 is 11.1 Å². The molecule has 0 bridgehead atoms. The van der Waals surface area contributed by atoms with E-state index in [-0.39, 0.29) is 25.5 Å². The Morgan fingerprint density at radius 3 is 2.60 bits per heavy atom. The van der Waals surface area contributed by atoms with Gasteiger partial charge in [-0.05, 0) is 6.42 Å². The van der Waals surface area contributed by atoms with Crippen molar-refractivity contribution in [2.24, 2.45) is 5.73 Å². The molecule has 0 spiro atoms. The Morgan fingerprint density at radius 1 is 1.40 bits per heavy atom. The summed E-state index contributed by atoms with van der Waals surface area (Å²) in [6.07, 6.45) is -5.18. The number of amides is 1. The second-order valence-corrected chi connectivity index (χ2v) is 2.91. The van der Waals surface area contributed by atoms with Crippen molar-refractivity contribution in [1.82, 2.24) is 5.32 Å². The first kappa shape index (κ1) is 14.2. The van der Waals surface area contributed by atoms with Crippen LogP contribution in [0.4, 0.5) is 13.2 Å². The van der Waals surface area contributed by atoms with Gasteiger partial charge in [0.15, 0.2) is 0 Å². The predicted octanol–water partition coefficient (Wildman–Crippen LogP) is 0.420. The molecule has 4 nitrogen and oxygen atoms in total. The Kier molecular flexibility index (Phi) is 7.06. The third-order valence-electron chi connectivity index (χ3n) is 1.45. The van der Waals surface area contributed by atoms with Gasteiger partial charge in [-0.2, -0.15) is 13.2 Å². The Balaban J connectivity index is 3.27. The highest BCUT2D eigenvalue weighted by atomic mass is 19.4. The fourth-order valence-electron chi connectivity index (χ4n) is 0.802. The molecule has 0 aliphatic carbocycles. The molecule has 7 heteroatoms. The van der Waals surface area contributed by atoms with Gasteiger partial charge in [-0.15, -0.1) is 0 Å². The Labute approximate surface area is 86.0 Å². The summed E-state index contributed by atoms with van der Waals surface area (Å²) in [6, 6.07) is 0. The summed E-state index contributed by atoms with van der Waals surface area (Å²) < 4.78 is 39.7. The van der Waals surface area contributed by atoms with Gasteiger partial charge in [0.1, 0.15) is 6.61 Å². The van der Waals surface area contributed by atoms with Gasteiger partial charge in [0, 0.05) is 26.1 Å². The Hall–Kier alpha value is -0.820. The summed E-state index contributed by atoms with van der Waals surface area (Å²) in [5, 5.41) is 2.43. The zero-order valence-electron chi connectivity index (χ0n) is 8.27. The quantitative estimate of drug-likeness (QED) is 0.621. The van der Waals surface area contributed by atoms with Crippen LogP contribution in [0.2, 0.25) is 0 Å². The number of hydrogen-bond donors (Lipinski definition) is 2. The van der Waals surface area contributed by atoms with E-state index in [4.69, 9.17) is 10.5 Å². The number of halogens is 3. The minimum atomic E-state index is -4.16. The number of carbonyl (C=O) groups is 1. The number of ether oxygens (including phenoxy) is 1. The SMILES string of the molecule is NCCNC(=O)COCCCC(F)(F)F. The molecule has 0 radical (unpaired) electrons. The zero-order chi connectivity index (χ0) is 11.7. The van der Waals surface area contributed by atoms with Crippen LogP contribution in [-0.4, -0.2) is 38.4 Å². The average Bonchev–Trinajstić information content (AvgIpc) is 2.12. The molecular formula is C8H15F3N2O2. The van der Waals surface area contributed by atoms with Gasteiger partial charge in [0.2, 0.25) is 5.91 Å². The van der Waals surface area contributed by atoms with Gasteiger partial charge in [0.05, 0.1) is 0 Å². The maximum atomic E-state index is 11.7. The molecule has 0 unspecified atom stereocenters. The molecule has 0 aliphatic heterocycles. The van der Waals surface area contributed by atoms with Crippen LogP contribution in [-0.2, 0) is 9.53 Å². The molecule has 3 N–H and O–H groups in total. The molecule has 90 valence electrons. The van der Waals surface area contributed by atoms with Crippen LogP contribution in [0.5, 0.6) is 0 Å². The highest BCUT2D eigenvalue weighted by molar-refractivity contribution is 5.77. The maximum absolute atomic E-state index is 11.7. The Bertz CT molecular complexity index is 185. The lowest BCUT2D eigenvalue weighted by Gasteiger charge is -2.07. The molecule has 0 fully saturated rings. The van der Waals surface area contributed by atoms with E-state index in [1.807, 2.05) is 0 Å². The molecular weight excluding hydrogens is 213 g/mol. The minimum Gasteiger partial charge on any atom is -0.372 e. The summed E-state index contributed by atoms with van der Waals surface area (Å²) in [7, 11) is 0. The number of hydrogen-bond acceptors (Lipinski definition) is 3. The summed E-state index contributed by atoms with van der Waals surface area (Å²) in [6.45, 7) is 0.359. The van der Waals surface area contributed by atoms with Crippen molar-refractivity contribution in [2.45, 2.75) is 19.0 Å². The summed E-state index contributed by atoms with van der Waals surface area (Å²) in [4.78, 5) is 10.8. The first-order valence-corrected chi connectivity index (χ1v) is 4.57. The molecule has 0 saturated heterocycles. The molecule has 0 heterocycles. The van der Waals surface area contributed by atoms with Crippen LogP contribution in [0.25, 0.3) is 0 Å². The monoisotopic (exact) mass is 228 g/mol. The second-order valence-electron chi connectivity index (χ2n) is 2.91. The lowest BCUT2D eigenvalue weighted by Crippen LogP contribution is -2.32.